The number of nitrogens with zero attached hydrogens (tertiary/aromatic N) is 3. The van der Waals surface area contributed by atoms with Crippen molar-refractivity contribution in [2.75, 3.05) is 5.32 Å². The van der Waals surface area contributed by atoms with Gasteiger partial charge >= 0.3 is 0 Å². The number of nitrogens with one attached hydrogen (secondary N) is 1. The highest BCUT2D eigenvalue weighted by atomic mass is 16.6. The van der Waals surface area contributed by atoms with Gasteiger partial charge in [0.25, 0.3) is 5.69 Å². The Labute approximate surface area is 111 Å². The molecule has 0 radical (unpaired) electrons. The first-order valence-electron chi connectivity index (χ1n) is 6.10. The highest BCUT2D eigenvalue weighted by Crippen LogP contribution is 2.22. The second-order valence-corrected chi connectivity index (χ2v) is 4.31. The van der Waals surface area contributed by atoms with E-state index in [1.807, 2.05) is 24.7 Å². The fraction of sp³-hybridized carbons (Fsp3) is 0.308. The average Bonchev–Trinajstić information content (AvgIpc) is 2.85. The van der Waals surface area contributed by atoms with E-state index >= 15 is 0 Å². The summed E-state index contributed by atoms with van der Waals surface area (Å²) in [6.07, 6.45) is 3.75. The number of nitro benzene ring substituents is 1. The monoisotopic (exact) mass is 260 g/mol. The lowest BCUT2D eigenvalue weighted by molar-refractivity contribution is -0.384. The van der Waals surface area contributed by atoms with E-state index in [1.54, 1.807) is 18.3 Å². The van der Waals surface area contributed by atoms with E-state index < -0.39 is 0 Å². The summed E-state index contributed by atoms with van der Waals surface area (Å²) in [5.41, 5.74) is 2.90. The number of non-ortho nitro benzene ring substituents is 1. The second-order valence-electron chi connectivity index (χ2n) is 4.31. The molecule has 2 aromatic rings. The van der Waals surface area contributed by atoms with Crippen molar-refractivity contribution >= 4 is 11.4 Å². The number of aromatic nitrogens is 2. The smallest absolute Gasteiger partial charge is 0.271 e. The third-order valence-corrected chi connectivity index (χ3v) is 2.93. The van der Waals surface area contributed by atoms with Gasteiger partial charge in [0.05, 0.1) is 11.1 Å². The molecule has 1 aromatic heterocycles. The molecule has 0 aliphatic heterocycles. The van der Waals surface area contributed by atoms with Crippen molar-refractivity contribution in [1.29, 1.82) is 0 Å². The number of anilines is 1. The second kappa shape index (κ2) is 5.51. The number of hydrogen-bond acceptors (Lipinski definition) is 4. The van der Waals surface area contributed by atoms with Gasteiger partial charge < -0.3 is 5.32 Å². The number of nitro groups is 1. The van der Waals surface area contributed by atoms with E-state index in [0.717, 1.165) is 23.4 Å². The Balaban J connectivity index is 2.10. The lowest BCUT2D eigenvalue weighted by Crippen LogP contribution is -2.01. The minimum absolute atomic E-state index is 0.0948. The Kier molecular flexibility index (Phi) is 3.79. The molecule has 1 aromatic carbocycles. The Morgan fingerprint density at radius 3 is 2.89 bits per heavy atom. The van der Waals surface area contributed by atoms with Gasteiger partial charge in [-0.2, -0.15) is 5.10 Å². The van der Waals surface area contributed by atoms with Gasteiger partial charge in [-0.1, -0.05) is 6.07 Å². The molecule has 2 rings (SSSR count). The maximum atomic E-state index is 10.7. The van der Waals surface area contributed by atoms with Gasteiger partial charge in [0.2, 0.25) is 0 Å². The van der Waals surface area contributed by atoms with Crippen LogP contribution in [0.5, 0.6) is 0 Å². The van der Waals surface area contributed by atoms with Crippen LogP contribution in [0.1, 0.15) is 18.1 Å². The Hall–Kier alpha value is -2.37. The predicted octanol–water partition coefficient (Wildman–Crippen LogP) is 2.73. The zero-order valence-corrected chi connectivity index (χ0v) is 11.0. The molecule has 6 heteroatoms. The molecule has 0 amide bonds. The standard InChI is InChI=1S/C13H16N4O2/c1-3-16-9-11(8-15-16)7-14-13-6-12(17(18)19)5-4-10(13)2/h4-6,8-9,14H,3,7H2,1-2H3. The van der Waals surface area contributed by atoms with Crippen LogP contribution >= 0.6 is 0 Å². The molecular weight excluding hydrogens is 244 g/mol. The minimum Gasteiger partial charge on any atom is -0.380 e. The van der Waals surface area contributed by atoms with E-state index in [4.69, 9.17) is 0 Å². The third kappa shape index (κ3) is 3.09. The van der Waals surface area contributed by atoms with E-state index in [0.29, 0.717) is 6.54 Å². The summed E-state index contributed by atoms with van der Waals surface area (Å²) in [6, 6.07) is 4.81. The van der Waals surface area contributed by atoms with E-state index in [-0.39, 0.29) is 10.6 Å². The predicted molar refractivity (Wildman–Crippen MR) is 73.1 cm³/mol. The molecule has 0 atom stereocenters. The summed E-state index contributed by atoms with van der Waals surface area (Å²) in [5, 5.41) is 18.1. The number of hydrogen-bond donors (Lipinski definition) is 1. The molecule has 0 fully saturated rings. The normalized spacial score (nSPS) is 10.4. The molecule has 19 heavy (non-hydrogen) atoms. The van der Waals surface area contributed by atoms with Crippen LogP contribution in [-0.4, -0.2) is 14.7 Å². The maximum absolute atomic E-state index is 10.7. The molecule has 0 spiro atoms. The minimum atomic E-state index is -0.389. The summed E-state index contributed by atoms with van der Waals surface area (Å²) in [4.78, 5) is 10.4. The van der Waals surface area contributed by atoms with E-state index in [1.165, 1.54) is 6.07 Å². The van der Waals surface area contributed by atoms with Crippen LogP contribution in [-0.2, 0) is 13.1 Å². The maximum Gasteiger partial charge on any atom is 0.271 e. The third-order valence-electron chi connectivity index (χ3n) is 2.93. The fourth-order valence-electron chi connectivity index (χ4n) is 1.78. The summed E-state index contributed by atoms with van der Waals surface area (Å²) in [7, 11) is 0. The van der Waals surface area contributed by atoms with Crippen LogP contribution in [0, 0.1) is 17.0 Å². The Morgan fingerprint density at radius 2 is 2.26 bits per heavy atom. The molecule has 0 unspecified atom stereocenters. The Bertz CT molecular complexity index is 592. The van der Waals surface area contributed by atoms with Gasteiger partial charge in [0, 0.05) is 42.7 Å². The largest absolute Gasteiger partial charge is 0.380 e. The highest BCUT2D eigenvalue weighted by molar-refractivity contribution is 5.56. The topological polar surface area (TPSA) is 73.0 Å². The van der Waals surface area contributed by atoms with Crippen molar-refractivity contribution in [3.8, 4) is 0 Å². The number of benzene rings is 1. The SMILES string of the molecule is CCn1cc(CNc2cc([N+](=O)[O-])ccc2C)cn1. The van der Waals surface area contributed by atoms with Crippen LogP contribution in [0.15, 0.2) is 30.6 Å². The zero-order chi connectivity index (χ0) is 13.8. The molecular formula is C13H16N4O2. The van der Waals surface area contributed by atoms with Crippen molar-refractivity contribution in [2.45, 2.75) is 26.9 Å². The van der Waals surface area contributed by atoms with Crippen molar-refractivity contribution in [3.05, 3.63) is 51.8 Å². The fourth-order valence-corrected chi connectivity index (χ4v) is 1.78. The summed E-state index contributed by atoms with van der Waals surface area (Å²) >= 11 is 0. The van der Waals surface area contributed by atoms with Crippen LogP contribution in [0.3, 0.4) is 0 Å². The van der Waals surface area contributed by atoms with Gasteiger partial charge in [-0.15, -0.1) is 0 Å². The molecule has 0 aliphatic carbocycles. The first-order chi connectivity index (χ1) is 9.10. The number of aryl methyl sites for hydroxylation is 2. The summed E-state index contributed by atoms with van der Waals surface area (Å²) in [6.45, 7) is 5.37. The Morgan fingerprint density at radius 1 is 1.47 bits per heavy atom. The van der Waals surface area contributed by atoms with Crippen molar-refractivity contribution in [3.63, 3.8) is 0 Å². The van der Waals surface area contributed by atoms with Crippen LogP contribution < -0.4 is 5.32 Å². The first-order valence-corrected chi connectivity index (χ1v) is 6.10. The molecule has 0 bridgehead atoms. The molecule has 1 N–H and O–H groups in total. The average molecular weight is 260 g/mol. The summed E-state index contributed by atoms with van der Waals surface area (Å²) < 4.78 is 1.84. The van der Waals surface area contributed by atoms with Crippen molar-refractivity contribution in [1.82, 2.24) is 9.78 Å². The van der Waals surface area contributed by atoms with Gasteiger partial charge in [-0.3, -0.25) is 14.8 Å². The summed E-state index contributed by atoms with van der Waals surface area (Å²) in [5.74, 6) is 0. The van der Waals surface area contributed by atoms with Crippen LogP contribution in [0.2, 0.25) is 0 Å². The van der Waals surface area contributed by atoms with E-state index in [9.17, 15) is 10.1 Å². The molecule has 1 heterocycles. The number of rotatable bonds is 5. The zero-order valence-electron chi connectivity index (χ0n) is 11.0. The highest BCUT2D eigenvalue weighted by Gasteiger charge is 2.08. The van der Waals surface area contributed by atoms with Crippen molar-refractivity contribution in [2.24, 2.45) is 0 Å². The lowest BCUT2D eigenvalue weighted by atomic mass is 10.1. The van der Waals surface area contributed by atoms with Crippen LogP contribution in [0.25, 0.3) is 0 Å². The quantitative estimate of drug-likeness (QED) is 0.662. The van der Waals surface area contributed by atoms with E-state index in [2.05, 4.69) is 10.4 Å². The lowest BCUT2D eigenvalue weighted by Gasteiger charge is -2.08. The molecule has 0 saturated carbocycles. The van der Waals surface area contributed by atoms with Crippen LogP contribution in [0.4, 0.5) is 11.4 Å². The van der Waals surface area contributed by atoms with Gasteiger partial charge in [0.1, 0.15) is 0 Å². The molecule has 0 aliphatic rings. The van der Waals surface area contributed by atoms with Gasteiger partial charge in [-0.25, -0.2) is 0 Å². The molecule has 0 saturated heterocycles. The van der Waals surface area contributed by atoms with Crippen molar-refractivity contribution < 1.29 is 4.92 Å². The van der Waals surface area contributed by atoms with Gasteiger partial charge in [0.15, 0.2) is 0 Å². The van der Waals surface area contributed by atoms with Gasteiger partial charge in [-0.05, 0) is 19.4 Å². The molecule has 100 valence electrons. The molecule has 6 nitrogen and oxygen atoms in total. The first kappa shape index (κ1) is 13.1.